The van der Waals surface area contributed by atoms with E-state index in [4.69, 9.17) is 9.16 Å². The molecule has 9 heteroatoms. The van der Waals surface area contributed by atoms with Gasteiger partial charge in [-0.2, -0.15) is 0 Å². The molecule has 2 amide bonds. The number of carboxylic acids is 1. The highest BCUT2D eigenvalue weighted by Gasteiger charge is 2.51. The normalized spacial score (nSPS) is 22.4. The van der Waals surface area contributed by atoms with E-state index in [9.17, 15) is 19.5 Å². The zero-order valence-electron chi connectivity index (χ0n) is 21.4. The predicted octanol–water partition coefficient (Wildman–Crippen LogP) is 4.48. The minimum absolute atomic E-state index is 0.0779. The van der Waals surface area contributed by atoms with Crippen molar-refractivity contribution >= 4 is 26.3 Å². The van der Waals surface area contributed by atoms with Gasteiger partial charge in [0, 0.05) is 6.42 Å². The van der Waals surface area contributed by atoms with Gasteiger partial charge in [0.2, 0.25) is 5.91 Å². The maximum Gasteiger partial charge on any atom is 0.408 e. The first kappa shape index (κ1) is 28.9. The first-order valence-corrected chi connectivity index (χ1v) is 14.3. The number of hydrogen-bond donors (Lipinski definition) is 2. The van der Waals surface area contributed by atoms with Crippen LogP contribution < -0.4 is 5.32 Å². The van der Waals surface area contributed by atoms with Gasteiger partial charge in [-0.05, 0) is 51.7 Å². The van der Waals surface area contributed by atoms with Crippen LogP contribution in [0.15, 0.2) is 25.3 Å². The third-order valence-corrected chi connectivity index (χ3v) is 10.7. The number of nitrogens with zero attached hydrogens (tertiary/aromatic N) is 1. The summed E-state index contributed by atoms with van der Waals surface area (Å²) < 4.78 is 11.9. The van der Waals surface area contributed by atoms with E-state index in [2.05, 4.69) is 52.3 Å². The highest BCUT2D eigenvalue weighted by Crippen LogP contribution is 2.41. The molecule has 0 unspecified atom stereocenters. The summed E-state index contributed by atoms with van der Waals surface area (Å²) in [6, 6.07) is -2.57. The third kappa shape index (κ3) is 7.70. The lowest BCUT2D eigenvalue weighted by molar-refractivity contribution is -0.150. The third-order valence-electron chi connectivity index (χ3n) is 6.17. The Balaban J connectivity index is 3.30. The first-order valence-electron chi connectivity index (χ1n) is 11.4. The van der Waals surface area contributed by atoms with E-state index in [1.54, 1.807) is 26.8 Å². The Bertz CT molecular complexity index is 753. The average molecular weight is 483 g/mol. The van der Waals surface area contributed by atoms with Crippen molar-refractivity contribution in [2.45, 2.75) is 109 Å². The number of hydrogen-bond acceptors (Lipinski definition) is 5. The Morgan fingerprint density at radius 1 is 1.15 bits per heavy atom. The molecule has 0 aromatic rings. The number of carbonyl (C=O) groups excluding carboxylic acids is 2. The van der Waals surface area contributed by atoms with E-state index in [1.807, 2.05) is 0 Å². The van der Waals surface area contributed by atoms with E-state index in [0.29, 0.717) is 6.42 Å². The number of aliphatic carboxylic acids is 1. The van der Waals surface area contributed by atoms with E-state index >= 15 is 0 Å². The van der Waals surface area contributed by atoms with Gasteiger partial charge in [-0.1, -0.05) is 32.9 Å². The summed E-state index contributed by atoms with van der Waals surface area (Å²) in [6.45, 7) is 23.2. The molecule has 1 heterocycles. The molecule has 188 valence electrons. The van der Waals surface area contributed by atoms with E-state index < -0.39 is 56.1 Å². The second-order valence-corrected chi connectivity index (χ2v) is 15.8. The highest BCUT2D eigenvalue weighted by atomic mass is 28.4. The van der Waals surface area contributed by atoms with Gasteiger partial charge >= 0.3 is 12.1 Å². The summed E-state index contributed by atoms with van der Waals surface area (Å²) in [4.78, 5) is 39.5. The zero-order valence-corrected chi connectivity index (χ0v) is 22.4. The molecule has 1 saturated heterocycles. The van der Waals surface area contributed by atoms with Crippen LogP contribution in [0, 0.1) is 0 Å². The fourth-order valence-corrected chi connectivity index (χ4v) is 4.94. The Morgan fingerprint density at radius 2 is 1.73 bits per heavy atom. The molecule has 0 aliphatic carbocycles. The van der Waals surface area contributed by atoms with Gasteiger partial charge in [-0.3, -0.25) is 4.79 Å². The lowest BCUT2D eigenvalue weighted by atomic mass is 10.1. The van der Waals surface area contributed by atoms with Crippen LogP contribution in [0.5, 0.6) is 0 Å². The van der Waals surface area contributed by atoms with Crippen molar-refractivity contribution in [3.63, 3.8) is 0 Å². The van der Waals surface area contributed by atoms with Crippen LogP contribution in [-0.4, -0.2) is 66.1 Å². The van der Waals surface area contributed by atoms with Gasteiger partial charge in [0.15, 0.2) is 8.32 Å². The molecule has 0 saturated carbocycles. The van der Waals surface area contributed by atoms with E-state index in [-0.39, 0.29) is 17.9 Å². The number of alkyl carbamates (subject to hydrolysis) is 1. The summed E-state index contributed by atoms with van der Waals surface area (Å²) in [5.41, 5.74) is -0.740. The minimum Gasteiger partial charge on any atom is -0.480 e. The van der Waals surface area contributed by atoms with Crippen LogP contribution in [0.25, 0.3) is 0 Å². The lowest BCUT2D eigenvalue weighted by Crippen LogP contribution is -2.55. The van der Waals surface area contributed by atoms with Crippen molar-refractivity contribution in [2.24, 2.45) is 0 Å². The Hall–Kier alpha value is -2.13. The van der Waals surface area contributed by atoms with Crippen LogP contribution in [0.4, 0.5) is 4.79 Å². The number of carboxylic acid groups (broad SMARTS) is 1. The maximum absolute atomic E-state index is 13.6. The molecule has 1 aliphatic rings. The van der Waals surface area contributed by atoms with Crippen LogP contribution in [-0.2, 0) is 18.8 Å². The van der Waals surface area contributed by atoms with Crippen LogP contribution in [0.3, 0.4) is 0 Å². The molecule has 4 atom stereocenters. The van der Waals surface area contributed by atoms with Gasteiger partial charge in [-0.25, -0.2) is 9.59 Å². The average Bonchev–Trinajstić information content (AvgIpc) is 2.96. The molecule has 1 fully saturated rings. The molecule has 1 rings (SSSR count). The molecule has 8 nitrogen and oxygen atoms in total. The number of ether oxygens (including phenoxy) is 1. The molecule has 1 aliphatic heterocycles. The Kier molecular flexibility index (Phi) is 9.51. The van der Waals surface area contributed by atoms with Gasteiger partial charge < -0.3 is 24.5 Å². The zero-order chi connectivity index (χ0) is 25.8. The molecule has 0 aromatic heterocycles. The molecule has 2 N–H and O–H groups in total. The first-order chi connectivity index (χ1) is 14.9. The molecular weight excluding hydrogens is 440 g/mol. The Morgan fingerprint density at radius 3 is 2.15 bits per heavy atom. The molecule has 0 aromatic carbocycles. The fourth-order valence-electron chi connectivity index (χ4n) is 3.57. The number of likely N-dealkylation sites (tertiary alicyclic amines) is 1. The Labute approximate surface area is 199 Å². The molecule has 0 spiro atoms. The molecule has 33 heavy (non-hydrogen) atoms. The van der Waals surface area contributed by atoms with Gasteiger partial charge in [0.1, 0.15) is 17.7 Å². The molecule has 0 bridgehead atoms. The summed E-state index contributed by atoms with van der Waals surface area (Å²) >= 11 is 0. The van der Waals surface area contributed by atoms with Crippen molar-refractivity contribution in [1.29, 1.82) is 0 Å². The van der Waals surface area contributed by atoms with E-state index in [0.717, 1.165) is 0 Å². The maximum atomic E-state index is 13.6. The number of amides is 2. The SMILES string of the molecule is C=CC[C@H](NC(=O)OC(C)(C)C)C(=O)N1[C@H](CC=C)[C@H](O[Si](C)(C)C(C)(C)C)C[C@H]1C(=O)O. The predicted molar refractivity (Wildman–Crippen MR) is 132 cm³/mol. The van der Waals surface area contributed by atoms with Crippen molar-refractivity contribution in [2.75, 3.05) is 0 Å². The second kappa shape index (κ2) is 10.9. The second-order valence-electron chi connectivity index (χ2n) is 11.1. The number of rotatable bonds is 9. The van der Waals surface area contributed by atoms with Crippen LogP contribution in [0.2, 0.25) is 18.1 Å². The van der Waals surface area contributed by atoms with Crippen molar-refractivity contribution in [3.8, 4) is 0 Å². The smallest absolute Gasteiger partial charge is 0.408 e. The highest BCUT2D eigenvalue weighted by molar-refractivity contribution is 6.74. The summed E-state index contributed by atoms with van der Waals surface area (Å²) in [7, 11) is -2.24. The van der Waals surface area contributed by atoms with Crippen molar-refractivity contribution in [1.82, 2.24) is 10.2 Å². The van der Waals surface area contributed by atoms with Crippen molar-refractivity contribution in [3.05, 3.63) is 25.3 Å². The van der Waals surface area contributed by atoms with E-state index in [1.165, 1.54) is 11.0 Å². The summed E-state index contributed by atoms with van der Waals surface area (Å²) in [5, 5.41) is 12.5. The number of carbonyl (C=O) groups is 3. The van der Waals surface area contributed by atoms with Crippen LogP contribution >= 0.6 is 0 Å². The molecular formula is C24H42N2O6Si. The van der Waals surface area contributed by atoms with Crippen LogP contribution in [0.1, 0.15) is 60.8 Å². The van der Waals surface area contributed by atoms with Crippen molar-refractivity contribution < 1.29 is 28.7 Å². The largest absolute Gasteiger partial charge is 0.480 e. The van der Waals surface area contributed by atoms with Gasteiger partial charge in [-0.15, -0.1) is 13.2 Å². The fraction of sp³-hybridized carbons (Fsp3) is 0.708. The van der Waals surface area contributed by atoms with Gasteiger partial charge in [0.05, 0.1) is 12.1 Å². The topological polar surface area (TPSA) is 105 Å². The summed E-state index contributed by atoms with van der Waals surface area (Å²) in [5.74, 6) is -1.60. The lowest BCUT2D eigenvalue weighted by Gasteiger charge is -2.40. The standard InChI is InChI=1S/C24H42N2O6Si/c1-11-13-16(25-22(30)31-23(3,4)5)20(27)26-17(14-12-2)19(15-18(26)21(28)29)32-33(9,10)24(6,7)8/h11-12,16-19H,1-2,13-15H2,3-10H3,(H,25,30)(H,28,29)/t16-,17+,18-,19+/m0/s1. The summed E-state index contributed by atoms with van der Waals surface area (Å²) in [6.07, 6.45) is 2.68. The number of nitrogens with one attached hydrogen (secondary N) is 1. The van der Waals surface area contributed by atoms with Gasteiger partial charge in [0.25, 0.3) is 0 Å². The minimum atomic E-state index is -2.24. The quantitative estimate of drug-likeness (QED) is 0.371. The molecule has 0 radical (unpaired) electrons. The monoisotopic (exact) mass is 482 g/mol.